The molecule has 0 bridgehead atoms. The Hall–Kier alpha value is -2.17. The molecule has 20 heavy (non-hydrogen) atoms. The first-order valence-electron chi connectivity index (χ1n) is 6.61. The summed E-state index contributed by atoms with van der Waals surface area (Å²) in [7, 11) is 1.38. The molecule has 0 spiro atoms. The molecular formula is C15H16N2O3. The fourth-order valence-corrected chi connectivity index (χ4v) is 2.35. The van der Waals surface area contributed by atoms with Crippen molar-refractivity contribution in [3.63, 3.8) is 0 Å². The summed E-state index contributed by atoms with van der Waals surface area (Å²) in [5.41, 5.74) is 1.63. The molecule has 3 rings (SSSR count). The van der Waals surface area contributed by atoms with E-state index in [1.165, 1.54) is 12.7 Å². The molecule has 0 radical (unpaired) electrons. The van der Waals surface area contributed by atoms with Gasteiger partial charge in [0.2, 0.25) is 5.89 Å². The Morgan fingerprint density at radius 2 is 2.25 bits per heavy atom. The van der Waals surface area contributed by atoms with Gasteiger partial charge in [-0.3, -0.25) is 4.79 Å². The summed E-state index contributed by atoms with van der Waals surface area (Å²) in [4.78, 5) is 16.1. The van der Waals surface area contributed by atoms with Crippen molar-refractivity contribution in [2.75, 3.05) is 7.11 Å². The van der Waals surface area contributed by atoms with Crippen molar-refractivity contribution in [3.05, 3.63) is 47.1 Å². The molecule has 2 aromatic rings. The fraction of sp³-hybridized carbons (Fsp3) is 0.400. The quantitative estimate of drug-likeness (QED) is 0.798. The number of hydrogen-bond acceptors (Lipinski definition) is 5. The number of hydrogen-bond donors (Lipinski definition) is 0. The Labute approximate surface area is 116 Å². The van der Waals surface area contributed by atoms with Gasteiger partial charge in [0.1, 0.15) is 5.41 Å². The van der Waals surface area contributed by atoms with Gasteiger partial charge in [0.05, 0.1) is 7.11 Å². The van der Waals surface area contributed by atoms with Crippen LogP contribution in [0.4, 0.5) is 0 Å². The maximum Gasteiger partial charge on any atom is 0.321 e. The third-order valence-electron chi connectivity index (χ3n) is 3.65. The number of aromatic nitrogens is 2. The molecule has 1 saturated carbocycles. The summed E-state index contributed by atoms with van der Waals surface area (Å²) in [6.45, 7) is 2.04. The normalized spacial score (nSPS) is 15.9. The lowest BCUT2D eigenvalue weighted by atomic mass is 10.1. The smallest absolute Gasteiger partial charge is 0.321 e. The van der Waals surface area contributed by atoms with Crippen molar-refractivity contribution in [1.29, 1.82) is 0 Å². The lowest BCUT2D eigenvalue weighted by Crippen LogP contribution is -2.22. The molecule has 104 valence electrons. The maximum absolute atomic E-state index is 11.8. The Morgan fingerprint density at radius 1 is 1.45 bits per heavy atom. The Bertz CT molecular complexity index is 644. The first-order valence-corrected chi connectivity index (χ1v) is 6.61. The minimum atomic E-state index is -0.688. The molecule has 0 aliphatic heterocycles. The van der Waals surface area contributed by atoms with Crippen LogP contribution >= 0.6 is 0 Å². The van der Waals surface area contributed by atoms with E-state index in [9.17, 15) is 4.79 Å². The second-order valence-electron chi connectivity index (χ2n) is 5.26. The summed E-state index contributed by atoms with van der Waals surface area (Å²) >= 11 is 0. The van der Waals surface area contributed by atoms with E-state index in [0.29, 0.717) is 31.0 Å². The molecule has 1 aromatic heterocycles. The van der Waals surface area contributed by atoms with Gasteiger partial charge in [0.15, 0.2) is 5.82 Å². The third kappa shape index (κ3) is 2.19. The number of nitrogens with zero attached hydrogens (tertiary/aromatic N) is 2. The molecule has 1 aliphatic rings. The van der Waals surface area contributed by atoms with Gasteiger partial charge in [-0.2, -0.15) is 4.98 Å². The molecular weight excluding hydrogens is 256 g/mol. The van der Waals surface area contributed by atoms with Crippen molar-refractivity contribution in [1.82, 2.24) is 10.1 Å². The fourth-order valence-electron chi connectivity index (χ4n) is 2.35. The average molecular weight is 272 g/mol. The van der Waals surface area contributed by atoms with E-state index in [-0.39, 0.29) is 5.97 Å². The van der Waals surface area contributed by atoms with E-state index >= 15 is 0 Å². The van der Waals surface area contributed by atoms with E-state index in [1.807, 2.05) is 25.1 Å². The number of rotatable bonds is 4. The van der Waals surface area contributed by atoms with Crippen LogP contribution in [0, 0.1) is 6.92 Å². The Kier molecular flexibility index (Phi) is 3.04. The van der Waals surface area contributed by atoms with Gasteiger partial charge in [-0.1, -0.05) is 35.0 Å². The summed E-state index contributed by atoms with van der Waals surface area (Å²) in [5.74, 6) is 0.691. The molecule has 5 nitrogen and oxygen atoms in total. The molecule has 1 heterocycles. The van der Waals surface area contributed by atoms with Crippen LogP contribution in [0.1, 0.15) is 35.7 Å². The van der Waals surface area contributed by atoms with Crippen LogP contribution in [0.3, 0.4) is 0 Å². The van der Waals surface area contributed by atoms with Gasteiger partial charge in [-0.15, -0.1) is 0 Å². The van der Waals surface area contributed by atoms with Crippen LogP contribution in [-0.4, -0.2) is 23.2 Å². The zero-order valence-corrected chi connectivity index (χ0v) is 11.5. The second kappa shape index (κ2) is 4.74. The lowest BCUT2D eigenvalue weighted by molar-refractivity contribution is -0.144. The van der Waals surface area contributed by atoms with Crippen LogP contribution < -0.4 is 0 Å². The predicted molar refractivity (Wildman–Crippen MR) is 71.2 cm³/mol. The number of benzene rings is 1. The Morgan fingerprint density at radius 3 is 2.90 bits per heavy atom. The van der Waals surface area contributed by atoms with Crippen molar-refractivity contribution in [3.8, 4) is 0 Å². The van der Waals surface area contributed by atoms with Gasteiger partial charge in [0.25, 0.3) is 0 Å². The number of carbonyl (C=O) groups excluding carboxylic acids is 1. The highest BCUT2D eigenvalue weighted by Gasteiger charge is 2.57. The number of esters is 1. The maximum atomic E-state index is 11.8. The van der Waals surface area contributed by atoms with E-state index in [1.54, 1.807) is 0 Å². The predicted octanol–water partition coefficient (Wildman–Crippen LogP) is 2.17. The van der Waals surface area contributed by atoms with Crippen molar-refractivity contribution >= 4 is 5.97 Å². The van der Waals surface area contributed by atoms with Crippen molar-refractivity contribution < 1.29 is 14.1 Å². The topological polar surface area (TPSA) is 65.2 Å². The standard InChI is InChI=1S/C15H16N2O3/c1-10-4-3-5-11(8-10)9-12-16-13(20-17-12)15(6-7-15)14(18)19-2/h3-5,8H,6-7,9H2,1-2H3. The van der Waals surface area contributed by atoms with Crippen LogP contribution in [0.5, 0.6) is 0 Å². The minimum absolute atomic E-state index is 0.289. The van der Waals surface area contributed by atoms with Crippen molar-refractivity contribution in [2.24, 2.45) is 0 Å². The molecule has 5 heteroatoms. The largest absolute Gasteiger partial charge is 0.468 e. The van der Waals surface area contributed by atoms with Gasteiger partial charge in [-0.05, 0) is 25.3 Å². The van der Waals surface area contributed by atoms with Crippen LogP contribution in [0.15, 0.2) is 28.8 Å². The molecule has 1 aromatic carbocycles. The Balaban J connectivity index is 1.79. The summed E-state index contributed by atoms with van der Waals surface area (Å²) in [6.07, 6.45) is 2.03. The highest BCUT2D eigenvalue weighted by atomic mass is 16.5. The van der Waals surface area contributed by atoms with E-state index < -0.39 is 5.41 Å². The first kappa shape index (κ1) is 12.8. The van der Waals surface area contributed by atoms with Gasteiger partial charge in [-0.25, -0.2) is 0 Å². The van der Waals surface area contributed by atoms with Crippen LogP contribution in [0.2, 0.25) is 0 Å². The second-order valence-corrected chi connectivity index (χ2v) is 5.26. The molecule has 0 saturated heterocycles. The van der Waals surface area contributed by atoms with Gasteiger partial charge < -0.3 is 9.26 Å². The zero-order chi connectivity index (χ0) is 14.2. The molecule has 0 unspecified atom stereocenters. The summed E-state index contributed by atoms with van der Waals surface area (Å²) in [5, 5.41) is 3.97. The highest BCUT2D eigenvalue weighted by molar-refractivity contribution is 5.85. The van der Waals surface area contributed by atoms with Crippen molar-refractivity contribution in [2.45, 2.75) is 31.6 Å². The molecule has 0 atom stereocenters. The molecule has 1 fully saturated rings. The molecule has 0 amide bonds. The highest BCUT2D eigenvalue weighted by Crippen LogP contribution is 2.48. The first-order chi connectivity index (χ1) is 9.64. The third-order valence-corrected chi connectivity index (χ3v) is 3.65. The SMILES string of the molecule is COC(=O)C1(c2nc(Cc3cccc(C)c3)no2)CC1. The number of carbonyl (C=O) groups is 1. The monoisotopic (exact) mass is 272 g/mol. The van der Waals surface area contributed by atoms with E-state index in [4.69, 9.17) is 9.26 Å². The molecule has 0 N–H and O–H groups in total. The van der Waals surface area contributed by atoms with Crippen LogP contribution in [0.25, 0.3) is 0 Å². The van der Waals surface area contributed by atoms with E-state index in [0.717, 1.165) is 5.56 Å². The average Bonchev–Trinajstić information content (AvgIpc) is 3.13. The minimum Gasteiger partial charge on any atom is -0.468 e. The number of aryl methyl sites for hydroxylation is 1. The van der Waals surface area contributed by atoms with Crippen LogP contribution in [-0.2, 0) is 21.4 Å². The summed E-state index contributed by atoms with van der Waals surface area (Å²) < 4.78 is 10.1. The zero-order valence-electron chi connectivity index (χ0n) is 11.5. The van der Waals surface area contributed by atoms with Gasteiger partial charge >= 0.3 is 5.97 Å². The summed E-state index contributed by atoms with van der Waals surface area (Å²) in [6, 6.07) is 8.16. The lowest BCUT2D eigenvalue weighted by Gasteiger charge is -2.05. The number of methoxy groups -OCH3 is 1. The number of ether oxygens (including phenoxy) is 1. The molecule has 1 aliphatic carbocycles. The van der Waals surface area contributed by atoms with E-state index in [2.05, 4.69) is 16.2 Å². The van der Waals surface area contributed by atoms with Gasteiger partial charge in [0, 0.05) is 6.42 Å².